The molecule has 4 rings (SSSR count). The van der Waals surface area contributed by atoms with Crippen LogP contribution in [0.3, 0.4) is 0 Å². The average molecular weight is 406 g/mol. The molecule has 6 heteroatoms. The molecule has 1 saturated heterocycles. The number of hydrogen-bond acceptors (Lipinski definition) is 6. The van der Waals surface area contributed by atoms with Gasteiger partial charge in [0.25, 0.3) is 0 Å². The largest absolute Gasteiger partial charge is 0.442 e. The van der Waals surface area contributed by atoms with Crippen molar-refractivity contribution in [2.45, 2.75) is 13.3 Å². The molecule has 0 saturated carbocycles. The summed E-state index contributed by atoms with van der Waals surface area (Å²) in [7, 11) is 2.15. The van der Waals surface area contributed by atoms with Crippen LogP contribution in [0.5, 0.6) is 0 Å². The molecule has 1 aliphatic rings. The van der Waals surface area contributed by atoms with E-state index in [1.165, 1.54) is 22.9 Å². The van der Waals surface area contributed by atoms with Gasteiger partial charge in [-0.3, -0.25) is 4.79 Å². The molecule has 0 aliphatic carbocycles. The first-order chi connectivity index (χ1) is 14.0. The second kappa shape index (κ2) is 8.24. The number of Topliss-reactive ketones (excluding diaryl/α,β-unsaturated/α-hetero) is 1. The molecule has 1 fully saturated rings. The van der Waals surface area contributed by atoms with Crippen LogP contribution < -0.4 is 4.90 Å². The topological polar surface area (TPSA) is 60.5 Å². The number of piperazine rings is 1. The monoisotopic (exact) mass is 405 g/mol. The van der Waals surface area contributed by atoms with Gasteiger partial charge in [-0.25, -0.2) is 0 Å². The lowest BCUT2D eigenvalue weighted by Crippen LogP contribution is -2.44. The Balaban J connectivity index is 1.66. The fraction of sp³-hybridized carbons (Fsp3) is 0.304. The zero-order valence-corrected chi connectivity index (χ0v) is 17.5. The Bertz CT molecular complexity index is 1070. The molecule has 29 heavy (non-hydrogen) atoms. The van der Waals surface area contributed by atoms with Crippen LogP contribution >= 0.6 is 11.3 Å². The number of nitrogens with zero attached hydrogens (tertiary/aromatic N) is 3. The van der Waals surface area contributed by atoms with E-state index >= 15 is 0 Å². The highest BCUT2D eigenvalue weighted by atomic mass is 32.1. The molecule has 0 amide bonds. The van der Waals surface area contributed by atoms with Gasteiger partial charge in [-0.05, 0) is 71.3 Å². The minimum Gasteiger partial charge on any atom is -0.442 e. The van der Waals surface area contributed by atoms with E-state index < -0.39 is 0 Å². The first-order valence-corrected chi connectivity index (χ1v) is 10.6. The van der Waals surface area contributed by atoms with Crippen LogP contribution in [-0.2, 0) is 6.42 Å². The number of ketones is 1. The van der Waals surface area contributed by atoms with Gasteiger partial charge in [0.15, 0.2) is 5.76 Å². The van der Waals surface area contributed by atoms with E-state index in [2.05, 4.69) is 52.7 Å². The highest BCUT2D eigenvalue weighted by molar-refractivity contribution is 7.08. The fourth-order valence-electron chi connectivity index (χ4n) is 3.68. The highest BCUT2D eigenvalue weighted by Crippen LogP contribution is 2.34. The Kier molecular flexibility index (Phi) is 5.52. The van der Waals surface area contributed by atoms with E-state index in [0.29, 0.717) is 0 Å². The predicted molar refractivity (Wildman–Crippen MR) is 116 cm³/mol. The molecule has 5 nitrogen and oxygen atoms in total. The summed E-state index contributed by atoms with van der Waals surface area (Å²) in [6.07, 6.45) is 0.242. The number of hydrogen-bond donors (Lipinski definition) is 0. The summed E-state index contributed by atoms with van der Waals surface area (Å²) >= 11 is 1.67. The van der Waals surface area contributed by atoms with Gasteiger partial charge in [-0.15, -0.1) is 0 Å². The summed E-state index contributed by atoms with van der Waals surface area (Å²) in [6, 6.07) is 11.4. The first kappa shape index (κ1) is 19.4. The van der Waals surface area contributed by atoms with Gasteiger partial charge in [0.05, 0.1) is 0 Å². The van der Waals surface area contributed by atoms with Gasteiger partial charge in [0.1, 0.15) is 6.07 Å². The van der Waals surface area contributed by atoms with Crippen LogP contribution in [0.15, 0.2) is 45.5 Å². The maximum absolute atomic E-state index is 12.8. The Labute approximate surface area is 174 Å². The van der Waals surface area contributed by atoms with Gasteiger partial charge in [0.2, 0.25) is 11.5 Å². The summed E-state index contributed by atoms with van der Waals surface area (Å²) in [5.41, 5.74) is 5.65. The van der Waals surface area contributed by atoms with E-state index in [-0.39, 0.29) is 23.7 Å². The number of nitriles is 1. The summed E-state index contributed by atoms with van der Waals surface area (Å²) in [5.74, 6) is 0.276. The van der Waals surface area contributed by atoms with Gasteiger partial charge in [-0.1, -0.05) is 6.07 Å². The van der Waals surface area contributed by atoms with Crippen LogP contribution in [0.4, 0.5) is 5.69 Å². The van der Waals surface area contributed by atoms with E-state index in [4.69, 9.17) is 9.68 Å². The third kappa shape index (κ3) is 4.12. The molecule has 1 aromatic carbocycles. The van der Waals surface area contributed by atoms with Gasteiger partial charge < -0.3 is 14.2 Å². The summed E-state index contributed by atoms with van der Waals surface area (Å²) in [5, 5.41) is 13.2. The van der Waals surface area contributed by atoms with Gasteiger partial charge >= 0.3 is 0 Å². The Morgan fingerprint density at radius 3 is 2.59 bits per heavy atom. The van der Waals surface area contributed by atoms with E-state index in [1.807, 2.05) is 6.07 Å². The number of thiophene rings is 1. The number of carbonyl (C=O) groups is 1. The molecule has 3 heterocycles. The predicted octanol–water partition coefficient (Wildman–Crippen LogP) is 4.37. The molecule has 3 aromatic rings. The minimum absolute atomic E-state index is 0.118. The lowest BCUT2D eigenvalue weighted by molar-refractivity contribution is 0.0966. The fourth-order valence-corrected chi connectivity index (χ4v) is 4.52. The number of rotatable bonds is 5. The quantitative estimate of drug-likeness (QED) is 0.590. The summed E-state index contributed by atoms with van der Waals surface area (Å²) in [6.45, 7) is 6.20. The van der Waals surface area contributed by atoms with Crippen molar-refractivity contribution in [3.05, 3.63) is 63.7 Å². The summed E-state index contributed by atoms with van der Waals surface area (Å²) < 4.78 is 5.33. The van der Waals surface area contributed by atoms with E-state index in [9.17, 15) is 4.79 Å². The van der Waals surface area contributed by atoms with Crippen LogP contribution in [0.2, 0.25) is 0 Å². The molecule has 0 bridgehead atoms. The minimum atomic E-state index is -0.118. The maximum Gasteiger partial charge on any atom is 0.204 e. The SMILES string of the molecule is Cc1cscc1-c1cc(N2CCN(C)CC2)ccc1CC(=O)c1ccc(C#N)o1. The second-order valence-corrected chi connectivity index (χ2v) is 8.22. The number of aryl methyl sites for hydroxylation is 1. The lowest BCUT2D eigenvalue weighted by atomic mass is 9.94. The van der Waals surface area contributed by atoms with Crippen molar-refractivity contribution in [3.63, 3.8) is 0 Å². The third-order valence-corrected chi connectivity index (χ3v) is 6.31. The lowest BCUT2D eigenvalue weighted by Gasteiger charge is -2.34. The Morgan fingerprint density at radius 2 is 1.93 bits per heavy atom. The van der Waals surface area contributed by atoms with Crippen LogP contribution in [-0.4, -0.2) is 43.9 Å². The number of benzene rings is 1. The molecule has 0 N–H and O–H groups in total. The van der Waals surface area contributed by atoms with Crippen LogP contribution in [0, 0.1) is 18.3 Å². The van der Waals surface area contributed by atoms with Gasteiger partial charge in [-0.2, -0.15) is 16.6 Å². The van der Waals surface area contributed by atoms with Crippen molar-refractivity contribution >= 4 is 22.8 Å². The Morgan fingerprint density at radius 1 is 1.14 bits per heavy atom. The molecule has 0 radical (unpaired) electrons. The normalized spacial score (nSPS) is 14.7. The molecule has 2 aromatic heterocycles. The number of likely N-dealkylation sites (N-methyl/N-ethyl adjacent to an activating group) is 1. The molecular weight excluding hydrogens is 382 g/mol. The third-order valence-electron chi connectivity index (χ3n) is 5.45. The molecule has 0 spiro atoms. The average Bonchev–Trinajstić information content (AvgIpc) is 3.38. The Hall–Kier alpha value is -2.88. The van der Waals surface area contributed by atoms with Crippen molar-refractivity contribution in [1.29, 1.82) is 5.26 Å². The standard InChI is InChI=1S/C23H23N3O2S/c1-16-14-29-15-21(16)20-12-18(26-9-7-25(2)8-10-26)4-3-17(20)11-22(27)23-6-5-19(13-24)28-23/h3-6,12,14-15H,7-11H2,1-2H3. The maximum atomic E-state index is 12.8. The zero-order valence-electron chi connectivity index (χ0n) is 16.6. The smallest absolute Gasteiger partial charge is 0.204 e. The van der Waals surface area contributed by atoms with Crippen molar-refractivity contribution < 1.29 is 9.21 Å². The molecule has 0 unspecified atom stereocenters. The van der Waals surface area contributed by atoms with E-state index in [0.717, 1.165) is 37.3 Å². The van der Waals surface area contributed by atoms with Crippen molar-refractivity contribution in [2.24, 2.45) is 0 Å². The van der Waals surface area contributed by atoms with Gasteiger partial charge in [0, 0.05) is 38.3 Å². The molecule has 148 valence electrons. The van der Waals surface area contributed by atoms with E-state index in [1.54, 1.807) is 17.4 Å². The molecular formula is C23H23N3O2S. The zero-order chi connectivity index (χ0) is 20.4. The summed E-state index contributed by atoms with van der Waals surface area (Å²) in [4.78, 5) is 17.5. The number of carbonyl (C=O) groups excluding carboxylic acids is 1. The number of furan rings is 1. The first-order valence-electron chi connectivity index (χ1n) is 9.68. The van der Waals surface area contributed by atoms with Crippen molar-refractivity contribution in [2.75, 3.05) is 38.1 Å². The van der Waals surface area contributed by atoms with Crippen molar-refractivity contribution in [3.8, 4) is 17.2 Å². The van der Waals surface area contributed by atoms with Crippen LogP contribution in [0.25, 0.3) is 11.1 Å². The van der Waals surface area contributed by atoms with Crippen molar-refractivity contribution in [1.82, 2.24) is 4.90 Å². The van der Waals surface area contributed by atoms with Crippen LogP contribution in [0.1, 0.15) is 27.4 Å². The molecule has 1 aliphatic heterocycles. The molecule has 0 atom stereocenters. The highest BCUT2D eigenvalue weighted by Gasteiger charge is 2.19. The number of anilines is 1. The second-order valence-electron chi connectivity index (χ2n) is 7.48.